The molecule has 1 N–H and O–H groups in total. The molecule has 19 heavy (non-hydrogen) atoms. The van der Waals surface area contributed by atoms with Crippen molar-refractivity contribution < 1.29 is 4.74 Å². The third kappa shape index (κ3) is 3.66. The second-order valence-corrected chi connectivity index (χ2v) is 4.63. The summed E-state index contributed by atoms with van der Waals surface area (Å²) in [5, 5.41) is 2.95. The van der Waals surface area contributed by atoms with Gasteiger partial charge in [0.1, 0.15) is 0 Å². The van der Waals surface area contributed by atoms with Crippen LogP contribution >= 0.6 is 0 Å². The summed E-state index contributed by atoms with van der Waals surface area (Å²) in [7, 11) is 3.92. The van der Waals surface area contributed by atoms with Crippen molar-refractivity contribution in [2.24, 2.45) is 0 Å². The number of piperazine rings is 1. The maximum absolute atomic E-state index is 5.51. The summed E-state index contributed by atoms with van der Waals surface area (Å²) in [5.74, 6) is 1.24. The lowest BCUT2D eigenvalue weighted by Crippen LogP contribution is -2.45. The molecular weight excluding hydrogens is 244 g/mol. The first-order valence-electron chi connectivity index (χ1n) is 6.73. The maximum Gasteiger partial charge on any atom is 0.323 e. The number of rotatable bonds is 5. The normalized spacial score (nSPS) is 16.5. The zero-order chi connectivity index (χ0) is 13.7. The lowest BCUT2D eigenvalue weighted by Gasteiger charge is -2.32. The van der Waals surface area contributed by atoms with E-state index >= 15 is 0 Å². The van der Waals surface area contributed by atoms with E-state index in [1.807, 2.05) is 0 Å². The molecule has 1 saturated heterocycles. The molecule has 1 fully saturated rings. The first-order chi connectivity index (χ1) is 9.22. The Bertz CT molecular complexity index is 405. The van der Waals surface area contributed by atoms with Crippen molar-refractivity contribution in [2.45, 2.75) is 13.3 Å². The molecule has 0 aromatic carbocycles. The molecule has 2 heterocycles. The number of nitrogens with one attached hydrogen (secondary N) is 1. The molecule has 1 aliphatic rings. The smallest absolute Gasteiger partial charge is 0.323 e. The fourth-order valence-electron chi connectivity index (χ4n) is 1.86. The summed E-state index contributed by atoms with van der Waals surface area (Å²) in [4.78, 5) is 17.5. The molecule has 0 aliphatic carbocycles. The highest BCUT2D eigenvalue weighted by Crippen LogP contribution is 2.16. The second kappa shape index (κ2) is 6.51. The van der Waals surface area contributed by atoms with Crippen LogP contribution in [0.1, 0.15) is 13.3 Å². The molecule has 0 saturated carbocycles. The summed E-state index contributed by atoms with van der Waals surface area (Å²) in [5.41, 5.74) is 0. The fraction of sp³-hybridized carbons (Fsp3) is 0.750. The highest BCUT2D eigenvalue weighted by molar-refractivity contribution is 5.38. The van der Waals surface area contributed by atoms with E-state index in [0.29, 0.717) is 24.5 Å². The van der Waals surface area contributed by atoms with Gasteiger partial charge in [0.15, 0.2) is 0 Å². The summed E-state index contributed by atoms with van der Waals surface area (Å²) in [6, 6.07) is 0.398. The molecule has 0 spiro atoms. The number of anilines is 2. The van der Waals surface area contributed by atoms with Crippen molar-refractivity contribution >= 4 is 11.9 Å². The second-order valence-electron chi connectivity index (χ2n) is 4.63. The van der Waals surface area contributed by atoms with Crippen LogP contribution in [0.2, 0.25) is 0 Å². The minimum atomic E-state index is 0.398. The molecule has 2 rings (SSSR count). The standard InChI is InChI=1S/C12H22N6O/c1-4-9-19-12-15-10(13-2)14-11(16-12)18-7-5-17(3)6-8-18/h4-9H2,1-3H3,(H,13,14,15,16). The Hall–Kier alpha value is -1.63. The van der Waals surface area contributed by atoms with Crippen molar-refractivity contribution in [1.82, 2.24) is 19.9 Å². The zero-order valence-corrected chi connectivity index (χ0v) is 11.9. The molecule has 1 aromatic rings. The predicted molar refractivity (Wildman–Crippen MR) is 74.9 cm³/mol. The first-order valence-corrected chi connectivity index (χ1v) is 6.73. The summed E-state index contributed by atoms with van der Waals surface area (Å²) in [6.45, 7) is 6.57. The topological polar surface area (TPSA) is 66.4 Å². The Kier molecular flexibility index (Phi) is 4.73. The number of likely N-dealkylation sites (N-methyl/N-ethyl adjacent to an activating group) is 1. The first kappa shape index (κ1) is 13.8. The third-order valence-electron chi connectivity index (χ3n) is 3.05. The number of nitrogens with zero attached hydrogens (tertiary/aromatic N) is 5. The largest absolute Gasteiger partial charge is 0.463 e. The number of hydrogen-bond donors (Lipinski definition) is 1. The molecule has 0 bridgehead atoms. The van der Waals surface area contributed by atoms with Crippen LogP contribution < -0.4 is 15.0 Å². The van der Waals surface area contributed by atoms with E-state index in [4.69, 9.17) is 4.74 Å². The lowest BCUT2D eigenvalue weighted by molar-refractivity contribution is 0.289. The van der Waals surface area contributed by atoms with Crippen molar-refractivity contribution in [1.29, 1.82) is 0 Å². The number of hydrogen-bond acceptors (Lipinski definition) is 7. The Balaban J connectivity index is 2.14. The average molecular weight is 266 g/mol. The molecule has 106 valence electrons. The van der Waals surface area contributed by atoms with Gasteiger partial charge in [0, 0.05) is 33.2 Å². The molecule has 0 unspecified atom stereocenters. The van der Waals surface area contributed by atoms with Gasteiger partial charge in [-0.1, -0.05) is 6.92 Å². The van der Waals surface area contributed by atoms with E-state index < -0.39 is 0 Å². The van der Waals surface area contributed by atoms with Crippen LogP contribution in [-0.4, -0.2) is 66.7 Å². The summed E-state index contributed by atoms with van der Waals surface area (Å²) < 4.78 is 5.51. The van der Waals surface area contributed by atoms with E-state index in [1.165, 1.54) is 0 Å². The average Bonchev–Trinajstić information content (AvgIpc) is 2.45. The Morgan fingerprint density at radius 2 is 1.89 bits per heavy atom. The molecule has 1 aliphatic heterocycles. The van der Waals surface area contributed by atoms with Gasteiger partial charge in [0.25, 0.3) is 0 Å². The van der Waals surface area contributed by atoms with Crippen LogP contribution in [0.3, 0.4) is 0 Å². The van der Waals surface area contributed by atoms with E-state index in [2.05, 4.69) is 44.0 Å². The maximum atomic E-state index is 5.51. The van der Waals surface area contributed by atoms with E-state index in [0.717, 1.165) is 32.6 Å². The van der Waals surface area contributed by atoms with Crippen LogP contribution in [0.25, 0.3) is 0 Å². The van der Waals surface area contributed by atoms with Gasteiger partial charge in [-0.25, -0.2) is 0 Å². The zero-order valence-electron chi connectivity index (χ0n) is 11.9. The van der Waals surface area contributed by atoms with Gasteiger partial charge < -0.3 is 19.9 Å². The van der Waals surface area contributed by atoms with Crippen LogP contribution in [0.4, 0.5) is 11.9 Å². The van der Waals surface area contributed by atoms with Gasteiger partial charge in [-0.2, -0.15) is 15.0 Å². The quantitative estimate of drug-likeness (QED) is 0.830. The number of aromatic nitrogens is 3. The van der Waals surface area contributed by atoms with Gasteiger partial charge >= 0.3 is 6.01 Å². The molecule has 7 nitrogen and oxygen atoms in total. The Morgan fingerprint density at radius 1 is 1.16 bits per heavy atom. The predicted octanol–water partition coefficient (Wildman–Crippen LogP) is 0.454. The Labute approximate surface area is 114 Å². The molecule has 0 radical (unpaired) electrons. The van der Waals surface area contributed by atoms with E-state index in [-0.39, 0.29) is 0 Å². The monoisotopic (exact) mass is 266 g/mol. The summed E-state index contributed by atoms with van der Waals surface area (Å²) in [6.07, 6.45) is 0.935. The summed E-state index contributed by atoms with van der Waals surface area (Å²) >= 11 is 0. The van der Waals surface area contributed by atoms with Crippen molar-refractivity contribution in [2.75, 3.05) is 57.1 Å². The lowest BCUT2D eigenvalue weighted by atomic mass is 10.3. The van der Waals surface area contributed by atoms with E-state index in [9.17, 15) is 0 Å². The van der Waals surface area contributed by atoms with Gasteiger partial charge in [-0.15, -0.1) is 0 Å². The van der Waals surface area contributed by atoms with Gasteiger partial charge in [0.05, 0.1) is 6.61 Å². The molecule has 7 heteroatoms. The van der Waals surface area contributed by atoms with Crippen LogP contribution in [0, 0.1) is 0 Å². The highest BCUT2D eigenvalue weighted by Gasteiger charge is 2.18. The SMILES string of the molecule is CCCOc1nc(NC)nc(N2CCN(C)CC2)n1. The molecule has 1 aromatic heterocycles. The molecule has 0 amide bonds. The Morgan fingerprint density at radius 3 is 2.53 bits per heavy atom. The minimum Gasteiger partial charge on any atom is -0.463 e. The van der Waals surface area contributed by atoms with Crippen molar-refractivity contribution in [3.05, 3.63) is 0 Å². The number of ether oxygens (including phenoxy) is 1. The van der Waals surface area contributed by atoms with Gasteiger partial charge in [-0.3, -0.25) is 0 Å². The minimum absolute atomic E-state index is 0.398. The van der Waals surface area contributed by atoms with Crippen LogP contribution in [-0.2, 0) is 0 Å². The molecular formula is C12H22N6O. The molecule has 0 atom stereocenters. The van der Waals surface area contributed by atoms with Crippen LogP contribution in [0.5, 0.6) is 6.01 Å². The van der Waals surface area contributed by atoms with Gasteiger partial charge in [-0.05, 0) is 13.5 Å². The van der Waals surface area contributed by atoms with Crippen LogP contribution in [0.15, 0.2) is 0 Å². The third-order valence-corrected chi connectivity index (χ3v) is 3.05. The van der Waals surface area contributed by atoms with Crippen molar-refractivity contribution in [3.63, 3.8) is 0 Å². The highest BCUT2D eigenvalue weighted by atomic mass is 16.5. The fourth-order valence-corrected chi connectivity index (χ4v) is 1.86. The van der Waals surface area contributed by atoms with Crippen molar-refractivity contribution in [3.8, 4) is 6.01 Å². The van der Waals surface area contributed by atoms with Gasteiger partial charge in [0.2, 0.25) is 11.9 Å². The van der Waals surface area contributed by atoms with E-state index in [1.54, 1.807) is 7.05 Å².